The second-order valence-electron chi connectivity index (χ2n) is 3.88. The highest BCUT2D eigenvalue weighted by molar-refractivity contribution is 7.81. The lowest BCUT2D eigenvalue weighted by Gasteiger charge is -2.22. The van der Waals surface area contributed by atoms with E-state index in [-0.39, 0.29) is 5.69 Å². The van der Waals surface area contributed by atoms with Gasteiger partial charge in [0.1, 0.15) is 0 Å². The van der Waals surface area contributed by atoms with Gasteiger partial charge in [0, 0.05) is 0 Å². The van der Waals surface area contributed by atoms with E-state index in [4.69, 9.17) is 0 Å². The fourth-order valence-corrected chi connectivity index (χ4v) is 2.42. The Morgan fingerprint density at radius 2 is 1.68 bits per heavy atom. The predicted molar refractivity (Wildman–Crippen MR) is 70.4 cm³/mol. The summed E-state index contributed by atoms with van der Waals surface area (Å²) in [5.41, 5.74) is 0.733. The molecule has 1 unspecified atom stereocenters. The number of hydrogen-bond acceptors (Lipinski definition) is 1. The molecule has 3 nitrogen and oxygen atoms in total. The van der Waals surface area contributed by atoms with Crippen molar-refractivity contribution in [1.29, 1.82) is 0 Å². The molecule has 0 radical (unpaired) electrons. The summed E-state index contributed by atoms with van der Waals surface area (Å²) in [6.45, 7) is 1.71. The lowest BCUT2D eigenvalue weighted by atomic mass is 10.2. The Labute approximate surface area is 111 Å². The van der Waals surface area contributed by atoms with Gasteiger partial charge in [-0.15, -0.1) is 0 Å². The number of hydrogen-bond donors (Lipinski definition) is 1. The standard InChI is InChI=1S/C13H11F2NO2S/c1-9-5-2-3-7-11(9)16(19(17)18)12-8-4-6-10(14)13(12)15/h2-8H,1H3,(H,17,18). The Bertz CT molecular complexity index is 634. The third-order valence-electron chi connectivity index (χ3n) is 2.64. The van der Waals surface area contributed by atoms with Gasteiger partial charge in [-0.2, -0.15) is 0 Å². The van der Waals surface area contributed by atoms with Crippen LogP contribution in [0.2, 0.25) is 0 Å². The summed E-state index contributed by atoms with van der Waals surface area (Å²) in [5.74, 6) is -2.23. The van der Waals surface area contributed by atoms with E-state index in [2.05, 4.69) is 0 Å². The number of anilines is 2. The van der Waals surface area contributed by atoms with Crippen LogP contribution in [0.25, 0.3) is 0 Å². The molecule has 0 amide bonds. The minimum absolute atomic E-state index is 0.282. The zero-order valence-electron chi connectivity index (χ0n) is 10.0. The van der Waals surface area contributed by atoms with E-state index in [1.165, 1.54) is 12.1 Å². The maximum atomic E-state index is 13.8. The van der Waals surface area contributed by atoms with Gasteiger partial charge >= 0.3 is 0 Å². The average molecular weight is 283 g/mol. The molecule has 0 aliphatic rings. The number of aryl methyl sites for hydroxylation is 1. The summed E-state index contributed by atoms with van der Waals surface area (Å²) in [7, 11) is 0. The third kappa shape index (κ3) is 2.64. The first-order chi connectivity index (χ1) is 9.02. The molecule has 0 spiro atoms. The van der Waals surface area contributed by atoms with Crippen LogP contribution in [0, 0.1) is 18.6 Å². The van der Waals surface area contributed by atoms with Crippen molar-refractivity contribution in [2.24, 2.45) is 0 Å². The van der Waals surface area contributed by atoms with Crippen LogP contribution in [-0.4, -0.2) is 8.76 Å². The van der Waals surface area contributed by atoms with E-state index >= 15 is 0 Å². The fourth-order valence-electron chi connectivity index (χ4n) is 1.74. The van der Waals surface area contributed by atoms with Crippen molar-refractivity contribution in [1.82, 2.24) is 0 Å². The molecule has 100 valence electrons. The van der Waals surface area contributed by atoms with Gasteiger partial charge in [-0.05, 0) is 30.7 Å². The summed E-state index contributed by atoms with van der Waals surface area (Å²) in [5, 5.41) is 0. The summed E-state index contributed by atoms with van der Waals surface area (Å²) < 4.78 is 48.7. The number of benzene rings is 2. The Balaban J connectivity index is 2.62. The zero-order chi connectivity index (χ0) is 14.0. The summed E-state index contributed by atoms with van der Waals surface area (Å²) in [6, 6.07) is 10.2. The number of halogens is 2. The highest BCUT2D eigenvalue weighted by atomic mass is 32.2. The third-order valence-corrected chi connectivity index (χ3v) is 3.35. The van der Waals surface area contributed by atoms with Crippen LogP contribution in [0.1, 0.15) is 5.56 Å². The first-order valence-electron chi connectivity index (χ1n) is 5.43. The Morgan fingerprint density at radius 1 is 1.05 bits per heavy atom. The van der Waals surface area contributed by atoms with Crippen molar-refractivity contribution in [2.75, 3.05) is 4.31 Å². The molecule has 0 aromatic heterocycles. The lowest BCUT2D eigenvalue weighted by Crippen LogP contribution is -2.21. The van der Waals surface area contributed by atoms with Gasteiger partial charge in [-0.25, -0.2) is 17.3 Å². The monoisotopic (exact) mass is 283 g/mol. The lowest BCUT2D eigenvalue weighted by molar-refractivity contribution is 0.509. The predicted octanol–water partition coefficient (Wildman–Crippen LogP) is 3.55. The molecule has 0 bridgehead atoms. The minimum atomic E-state index is -2.51. The highest BCUT2D eigenvalue weighted by Crippen LogP contribution is 2.32. The van der Waals surface area contributed by atoms with Crippen molar-refractivity contribution in [3.8, 4) is 0 Å². The summed E-state index contributed by atoms with van der Waals surface area (Å²) in [4.78, 5) is 0. The molecule has 19 heavy (non-hydrogen) atoms. The number of nitrogens with zero attached hydrogens (tertiary/aromatic N) is 1. The molecular weight excluding hydrogens is 272 g/mol. The molecule has 2 rings (SSSR count). The average Bonchev–Trinajstić information content (AvgIpc) is 2.37. The molecule has 0 saturated carbocycles. The number of rotatable bonds is 3. The van der Waals surface area contributed by atoms with E-state index in [1.807, 2.05) is 0 Å². The molecule has 0 fully saturated rings. The molecule has 0 heterocycles. The van der Waals surface area contributed by atoms with Crippen molar-refractivity contribution < 1.29 is 17.5 Å². The van der Waals surface area contributed by atoms with Gasteiger partial charge in [-0.3, -0.25) is 4.55 Å². The van der Waals surface area contributed by atoms with Crippen molar-refractivity contribution in [3.05, 3.63) is 59.7 Å². The second-order valence-corrected chi connectivity index (χ2v) is 4.71. The molecule has 1 atom stereocenters. The van der Waals surface area contributed by atoms with E-state index < -0.39 is 22.9 Å². The topological polar surface area (TPSA) is 40.5 Å². The molecule has 6 heteroatoms. The van der Waals surface area contributed by atoms with Crippen LogP contribution >= 0.6 is 0 Å². The molecule has 1 N–H and O–H groups in total. The zero-order valence-corrected chi connectivity index (χ0v) is 10.8. The van der Waals surface area contributed by atoms with Gasteiger partial charge in [-0.1, -0.05) is 24.3 Å². The van der Waals surface area contributed by atoms with Crippen molar-refractivity contribution >= 4 is 22.6 Å². The van der Waals surface area contributed by atoms with Crippen molar-refractivity contribution in [3.63, 3.8) is 0 Å². The summed E-state index contributed by atoms with van der Waals surface area (Å²) in [6.07, 6.45) is 0. The van der Waals surface area contributed by atoms with Crippen LogP contribution in [0.4, 0.5) is 20.2 Å². The molecule has 2 aromatic carbocycles. The van der Waals surface area contributed by atoms with E-state index in [0.717, 1.165) is 10.4 Å². The molecule has 0 saturated heterocycles. The first kappa shape index (κ1) is 13.6. The van der Waals surface area contributed by atoms with Gasteiger partial charge in [0.25, 0.3) is 11.3 Å². The molecule has 0 aliphatic heterocycles. The molecule has 2 aromatic rings. The largest absolute Gasteiger partial charge is 0.289 e. The van der Waals surface area contributed by atoms with Gasteiger partial charge < -0.3 is 0 Å². The second kappa shape index (κ2) is 5.46. The van der Waals surface area contributed by atoms with Crippen LogP contribution < -0.4 is 4.31 Å². The Hall–Kier alpha value is -1.79. The Kier molecular flexibility index (Phi) is 3.92. The van der Waals surface area contributed by atoms with E-state index in [0.29, 0.717) is 11.3 Å². The van der Waals surface area contributed by atoms with Crippen LogP contribution in [0.15, 0.2) is 42.5 Å². The maximum absolute atomic E-state index is 13.8. The van der Waals surface area contributed by atoms with E-state index in [9.17, 15) is 17.5 Å². The van der Waals surface area contributed by atoms with Gasteiger partial charge in [0.05, 0.1) is 11.4 Å². The van der Waals surface area contributed by atoms with Gasteiger partial charge in [0.15, 0.2) is 11.6 Å². The van der Waals surface area contributed by atoms with Crippen molar-refractivity contribution in [2.45, 2.75) is 6.92 Å². The normalized spacial score (nSPS) is 12.2. The minimum Gasteiger partial charge on any atom is -0.289 e. The van der Waals surface area contributed by atoms with Crippen LogP contribution in [-0.2, 0) is 11.3 Å². The maximum Gasteiger partial charge on any atom is 0.266 e. The highest BCUT2D eigenvalue weighted by Gasteiger charge is 2.22. The van der Waals surface area contributed by atoms with E-state index in [1.54, 1.807) is 31.2 Å². The summed E-state index contributed by atoms with van der Waals surface area (Å²) >= 11 is -2.51. The molecule has 0 aliphatic carbocycles. The smallest absolute Gasteiger partial charge is 0.266 e. The fraction of sp³-hybridized carbons (Fsp3) is 0.0769. The van der Waals surface area contributed by atoms with Gasteiger partial charge in [0.2, 0.25) is 0 Å². The quantitative estimate of drug-likeness (QED) is 0.875. The van der Waals surface area contributed by atoms with Crippen LogP contribution in [0.5, 0.6) is 0 Å². The Morgan fingerprint density at radius 3 is 2.32 bits per heavy atom. The first-order valence-corrected chi connectivity index (χ1v) is 6.49. The van der Waals surface area contributed by atoms with Crippen LogP contribution in [0.3, 0.4) is 0 Å². The molecular formula is C13H11F2NO2S. The number of para-hydroxylation sites is 1. The SMILES string of the molecule is Cc1ccccc1N(c1cccc(F)c1F)S(=O)O.